The average molecular weight is 442 g/mol. The van der Waals surface area contributed by atoms with Crippen LogP contribution < -0.4 is 15.8 Å². The topological polar surface area (TPSA) is 81.4 Å². The van der Waals surface area contributed by atoms with Gasteiger partial charge in [-0.05, 0) is 41.1 Å². The minimum atomic E-state index is -1.35. The van der Waals surface area contributed by atoms with Crippen LogP contribution in [0.1, 0.15) is 29.9 Å². The molecule has 0 fully saturated rings. The Morgan fingerprint density at radius 3 is 2.45 bits per heavy atom. The molecule has 1 aliphatic rings. The molecule has 1 aromatic heterocycles. The summed E-state index contributed by atoms with van der Waals surface area (Å²) in [4.78, 5) is 26.0. The molecule has 5 nitrogen and oxygen atoms in total. The molecule has 3 aromatic rings. The summed E-state index contributed by atoms with van der Waals surface area (Å²) in [6.45, 7) is 3.63. The van der Waals surface area contributed by atoms with E-state index in [0.29, 0.717) is 16.0 Å². The van der Waals surface area contributed by atoms with Gasteiger partial charge < -0.3 is 15.8 Å². The lowest BCUT2D eigenvalue weighted by Gasteiger charge is -2.27. The number of halogens is 2. The number of amides is 1. The van der Waals surface area contributed by atoms with Crippen molar-refractivity contribution >= 4 is 28.9 Å². The van der Waals surface area contributed by atoms with Crippen molar-refractivity contribution in [3.05, 3.63) is 81.5 Å². The number of carbonyl (C=O) groups excluding carboxylic acids is 2. The van der Waals surface area contributed by atoms with E-state index in [9.17, 15) is 18.4 Å². The Kier molecular flexibility index (Phi) is 5.36. The molecule has 160 valence electrons. The van der Waals surface area contributed by atoms with E-state index in [2.05, 4.69) is 5.32 Å². The van der Waals surface area contributed by atoms with Crippen LogP contribution in [0.3, 0.4) is 0 Å². The van der Waals surface area contributed by atoms with Crippen LogP contribution in [0.5, 0.6) is 5.75 Å². The van der Waals surface area contributed by atoms with Crippen LogP contribution >= 0.6 is 11.3 Å². The molecule has 8 heteroatoms. The minimum absolute atomic E-state index is 0.0807. The highest BCUT2D eigenvalue weighted by molar-refractivity contribution is 7.10. The highest BCUT2D eigenvalue weighted by atomic mass is 32.1. The highest BCUT2D eigenvalue weighted by Gasteiger charge is 2.51. The Bertz CT molecular complexity index is 1150. The summed E-state index contributed by atoms with van der Waals surface area (Å²) < 4.78 is 33.6. The fourth-order valence-corrected chi connectivity index (χ4v) is 4.67. The zero-order valence-electron chi connectivity index (χ0n) is 16.8. The third kappa shape index (κ3) is 3.32. The highest BCUT2D eigenvalue weighted by Crippen LogP contribution is 2.50. The molecule has 1 amide bonds. The van der Waals surface area contributed by atoms with Gasteiger partial charge in [-0.15, -0.1) is 11.3 Å². The van der Waals surface area contributed by atoms with Gasteiger partial charge in [0.2, 0.25) is 5.91 Å². The smallest absolute Gasteiger partial charge is 0.328 e. The predicted molar refractivity (Wildman–Crippen MR) is 114 cm³/mol. The number of ether oxygens (including phenoxy) is 1. The average Bonchev–Trinajstić information content (AvgIpc) is 3.37. The molecule has 0 radical (unpaired) electrons. The first-order valence-electron chi connectivity index (χ1n) is 9.68. The van der Waals surface area contributed by atoms with Crippen molar-refractivity contribution in [1.82, 2.24) is 0 Å². The Balaban J connectivity index is 1.80. The van der Waals surface area contributed by atoms with Gasteiger partial charge in [0.25, 0.3) is 0 Å². The molecule has 0 spiro atoms. The van der Waals surface area contributed by atoms with Gasteiger partial charge in [0.15, 0.2) is 11.6 Å². The van der Waals surface area contributed by atoms with Gasteiger partial charge in [-0.2, -0.15) is 0 Å². The molecule has 1 unspecified atom stereocenters. The zero-order chi connectivity index (χ0) is 22.3. The summed E-state index contributed by atoms with van der Waals surface area (Å²) in [6.07, 6.45) is 0. The molecule has 2 aromatic carbocycles. The number of nitrogens with one attached hydrogen (secondary N) is 1. The predicted octanol–water partition coefficient (Wildman–Crippen LogP) is 4.20. The summed E-state index contributed by atoms with van der Waals surface area (Å²) in [7, 11) is 0. The van der Waals surface area contributed by atoms with Crippen molar-refractivity contribution in [3.63, 3.8) is 0 Å². The first-order valence-corrected chi connectivity index (χ1v) is 10.6. The van der Waals surface area contributed by atoms with E-state index in [1.54, 1.807) is 36.4 Å². The third-order valence-corrected chi connectivity index (χ3v) is 6.45. The molecule has 0 saturated carbocycles. The molecule has 4 rings (SSSR count). The number of carbonyl (C=O) groups is 2. The number of thiophene rings is 1. The number of esters is 1. The van der Waals surface area contributed by atoms with Crippen LogP contribution in [-0.4, -0.2) is 17.9 Å². The van der Waals surface area contributed by atoms with E-state index in [-0.39, 0.29) is 17.4 Å². The fraction of sp³-hybridized carbons (Fsp3) is 0.217. The van der Waals surface area contributed by atoms with Crippen molar-refractivity contribution in [2.45, 2.75) is 25.3 Å². The van der Waals surface area contributed by atoms with Gasteiger partial charge in [0, 0.05) is 10.4 Å². The van der Waals surface area contributed by atoms with Crippen LogP contribution in [0.25, 0.3) is 0 Å². The number of hydrogen-bond donors (Lipinski definition) is 2. The summed E-state index contributed by atoms with van der Waals surface area (Å²) in [5.74, 6) is -2.99. The molecule has 3 N–H and O–H groups in total. The van der Waals surface area contributed by atoms with Crippen LogP contribution in [0.2, 0.25) is 0 Å². The van der Waals surface area contributed by atoms with Crippen LogP contribution in [-0.2, 0) is 15.0 Å². The maximum atomic E-state index is 14.5. The molecule has 0 bridgehead atoms. The van der Waals surface area contributed by atoms with Crippen molar-refractivity contribution in [1.29, 1.82) is 0 Å². The summed E-state index contributed by atoms with van der Waals surface area (Å²) in [5, 5.41) is 4.32. The monoisotopic (exact) mass is 442 g/mol. The van der Waals surface area contributed by atoms with E-state index >= 15 is 0 Å². The summed E-state index contributed by atoms with van der Waals surface area (Å²) in [6, 6.07) is 11.6. The molecular formula is C23H20F2N2O3S. The quantitative estimate of drug-likeness (QED) is 0.458. The fourth-order valence-electron chi connectivity index (χ4n) is 3.71. The lowest BCUT2D eigenvalue weighted by atomic mass is 9.74. The van der Waals surface area contributed by atoms with Gasteiger partial charge in [-0.25, -0.2) is 13.6 Å². The van der Waals surface area contributed by atoms with Crippen molar-refractivity contribution in [2.75, 3.05) is 5.32 Å². The van der Waals surface area contributed by atoms with E-state index in [0.717, 1.165) is 6.07 Å². The Labute approximate surface area is 181 Å². The van der Waals surface area contributed by atoms with Crippen molar-refractivity contribution in [3.8, 4) is 5.75 Å². The number of nitrogens with two attached hydrogens (primary N) is 1. The molecular weight excluding hydrogens is 422 g/mol. The van der Waals surface area contributed by atoms with Gasteiger partial charge in [0.05, 0.1) is 5.69 Å². The van der Waals surface area contributed by atoms with Gasteiger partial charge in [0.1, 0.15) is 17.2 Å². The standard InChI is InChI=1S/C23H20F2N2O3S/c1-12(2)19(26)21(28)30-14-7-5-13(6-8-14)23(17-4-3-11-31-17)15-9-10-16(24)18(25)20(15)27-22(23)29/h3-12,19H,26H2,1-2H3,(H,27,29)/t19-,23?/m0/s1. The van der Waals surface area contributed by atoms with Crippen molar-refractivity contribution in [2.24, 2.45) is 11.7 Å². The van der Waals surface area contributed by atoms with Crippen LogP contribution in [0, 0.1) is 17.6 Å². The van der Waals surface area contributed by atoms with E-state index in [1.165, 1.54) is 17.4 Å². The SMILES string of the molecule is CC(C)[C@H](N)C(=O)Oc1ccc(C2(c3cccs3)C(=O)Nc3c2ccc(F)c3F)cc1. The van der Waals surface area contributed by atoms with Gasteiger partial charge in [-0.1, -0.05) is 38.1 Å². The number of anilines is 1. The molecule has 2 atom stereocenters. The van der Waals surface area contributed by atoms with Crippen molar-refractivity contribution < 1.29 is 23.1 Å². The third-order valence-electron chi connectivity index (χ3n) is 5.46. The number of benzene rings is 2. The maximum absolute atomic E-state index is 14.5. The number of fused-ring (bicyclic) bond motifs is 1. The van der Waals surface area contributed by atoms with Crippen LogP contribution in [0.15, 0.2) is 53.9 Å². The molecule has 2 heterocycles. The maximum Gasteiger partial charge on any atom is 0.328 e. The molecule has 31 heavy (non-hydrogen) atoms. The lowest BCUT2D eigenvalue weighted by molar-refractivity contribution is -0.136. The second kappa shape index (κ2) is 7.86. The number of rotatable bonds is 5. The largest absolute Gasteiger partial charge is 0.425 e. The first kappa shape index (κ1) is 21.1. The van der Waals surface area contributed by atoms with Gasteiger partial charge >= 0.3 is 5.97 Å². The minimum Gasteiger partial charge on any atom is -0.425 e. The van der Waals surface area contributed by atoms with E-state index in [4.69, 9.17) is 10.5 Å². The van der Waals surface area contributed by atoms with Gasteiger partial charge in [-0.3, -0.25) is 4.79 Å². The van der Waals surface area contributed by atoms with E-state index < -0.39 is 35.0 Å². The summed E-state index contributed by atoms with van der Waals surface area (Å²) >= 11 is 1.33. The Hall–Kier alpha value is -3.10. The Morgan fingerprint density at radius 1 is 1.13 bits per heavy atom. The summed E-state index contributed by atoms with van der Waals surface area (Å²) in [5.41, 5.74) is 5.16. The number of hydrogen-bond acceptors (Lipinski definition) is 5. The Morgan fingerprint density at radius 2 is 1.84 bits per heavy atom. The molecule has 0 saturated heterocycles. The second-order valence-corrected chi connectivity index (χ2v) is 8.63. The van der Waals surface area contributed by atoms with Crippen LogP contribution in [0.4, 0.5) is 14.5 Å². The molecule has 1 aliphatic heterocycles. The zero-order valence-corrected chi connectivity index (χ0v) is 17.6. The lowest BCUT2D eigenvalue weighted by Crippen LogP contribution is -2.38. The first-order chi connectivity index (χ1) is 14.8. The second-order valence-electron chi connectivity index (χ2n) is 7.68. The molecule has 0 aliphatic carbocycles. The normalized spacial score (nSPS) is 18.6. The van der Waals surface area contributed by atoms with E-state index in [1.807, 2.05) is 19.2 Å².